The van der Waals surface area contributed by atoms with E-state index in [-0.39, 0.29) is 5.41 Å². The van der Waals surface area contributed by atoms with E-state index in [9.17, 15) is 0 Å². The molecule has 0 amide bonds. The van der Waals surface area contributed by atoms with Crippen LogP contribution in [0.5, 0.6) is 0 Å². The van der Waals surface area contributed by atoms with E-state index < -0.39 is 0 Å². The molecular formula is C18H25N3OS. The van der Waals surface area contributed by atoms with Gasteiger partial charge in [-0.25, -0.2) is 5.43 Å². The Morgan fingerprint density at radius 2 is 1.78 bits per heavy atom. The van der Waals surface area contributed by atoms with E-state index in [1.165, 1.54) is 5.56 Å². The maximum atomic E-state index is 5.87. The second kappa shape index (κ2) is 7.62. The number of nitrogens with one attached hydrogen (secondary N) is 3. The van der Waals surface area contributed by atoms with Crippen molar-refractivity contribution < 1.29 is 4.42 Å². The highest BCUT2D eigenvalue weighted by Crippen LogP contribution is 2.27. The van der Waals surface area contributed by atoms with Gasteiger partial charge in [0, 0.05) is 12.1 Å². The van der Waals surface area contributed by atoms with Crippen molar-refractivity contribution in [3.8, 4) is 11.3 Å². The number of hydrazine groups is 1. The third-order valence-corrected chi connectivity index (χ3v) is 3.75. The van der Waals surface area contributed by atoms with Crippen LogP contribution in [0.25, 0.3) is 11.3 Å². The number of furan rings is 1. The zero-order valence-electron chi connectivity index (χ0n) is 14.2. The summed E-state index contributed by atoms with van der Waals surface area (Å²) >= 11 is 5.08. The number of hydrogen-bond acceptors (Lipinski definition) is 3. The minimum Gasteiger partial charge on any atom is -0.460 e. The largest absolute Gasteiger partial charge is 0.460 e. The van der Waals surface area contributed by atoms with Gasteiger partial charge in [-0.3, -0.25) is 5.43 Å². The first kappa shape index (κ1) is 17.5. The molecule has 5 heteroatoms. The smallest absolute Gasteiger partial charge is 0.180 e. The molecule has 0 bridgehead atoms. The average Bonchev–Trinajstić information content (AvgIpc) is 2.96. The molecule has 0 saturated carbocycles. The van der Waals surface area contributed by atoms with Crippen molar-refractivity contribution >= 4 is 17.3 Å². The third kappa shape index (κ3) is 5.08. The summed E-state index contributed by atoms with van der Waals surface area (Å²) in [6.45, 7) is 9.99. The molecule has 1 heterocycles. The van der Waals surface area contributed by atoms with Gasteiger partial charge in [-0.15, -0.1) is 0 Å². The van der Waals surface area contributed by atoms with Crippen molar-refractivity contribution in [3.05, 3.63) is 47.7 Å². The minimum absolute atomic E-state index is 0.160. The fraction of sp³-hybridized carbons (Fsp3) is 0.389. The molecule has 0 spiro atoms. The van der Waals surface area contributed by atoms with Gasteiger partial charge in [0.1, 0.15) is 11.5 Å². The SMILES string of the molecule is CCNC(=S)NNCc1ccc(-c2ccc(C(C)(C)C)cc2)o1. The maximum absolute atomic E-state index is 5.87. The first-order valence-electron chi connectivity index (χ1n) is 7.86. The van der Waals surface area contributed by atoms with Gasteiger partial charge in [0.15, 0.2) is 5.11 Å². The fourth-order valence-electron chi connectivity index (χ4n) is 2.18. The van der Waals surface area contributed by atoms with Gasteiger partial charge in [-0.2, -0.15) is 0 Å². The monoisotopic (exact) mass is 331 g/mol. The molecule has 0 unspecified atom stereocenters. The molecule has 0 fully saturated rings. The van der Waals surface area contributed by atoms with Crippen molar-refractivity contribution in [3.63, 3.8) is 0 Å². The molecule has 2 aromatic rings. The Labute approximate surface area is 143 Å². The van der Waals surface area contributed by atoms with Crippen molar-refractivity contribution in [2.24, 2.45) is 0 Å². The molecule has 0 aliphatic rings. The summed E-state index contributed by atoms with van der Waals surface area (Å²) in [5, 5.41) is 3.59. The van der Waals surface area contributed by atoms with Gasteiger partial charge in [0.25, 0.3) is 0 Å². The van der Waals surface area contributed by atoms with Gasteiger partial charge in [-0.05, 0) is 42.3 Å². The van der Waals surface area contributed by atoms with E-state index in [1.807, 2.05) is 19.1 Å². The number of thiocarbonyl (C=S) groups is 1. The minimum atomic E-state index is 0.160. The zero-order valence-corrected chi connectivity index (χ0v) is 15.0. The summed E-state index contributed by atoms with van der Waals surface area (Å²) in [5.41, 5.74) is 8.51. The molecule has 0 radical (unpaired) electrons. The zero-order chi connectivity index (χ0) is 16.9. The average molecular weight is 331 g/mol. The van der Waals surface area contributed by atoms with E-state index in [0.717, 1.165) is 23.6 Å². The highest BCUT2D eigenvalue weighted by Gasteiger charge is 2.13. The molecule has 3 N–H and O–H groups in total. The number of hydrogen-bond donors (Lipinski definition) is 3. The standard InChI is InChI=1S/C18H25N3OS/c1-5-19-17(23)21-20-12-15-10-11-16(22-15)13-6-8-14(9-7-13)18(2,3)4/h6-11,20H,5,12H2,1-4H3,(H2,19,21,23). The third-order valence-electron chi connectivity index (χ3n) is 3.50. The molecule has 4 nitrogen and oxygen atoms in total. The summed E-state index contributed by atoms with van der Waals surface area (Å²) < 4.78 is 5.87. The van der Waals surface area contributed by atoms with Crippen LogP contribution in [0, 0.1) is 0 Å². The van der Waals surface area contributed by atoms with Crippen LogP contribution in [0.2, 0.25) is 0 Å². The van der Waals surface area contributed by atoms with Crippen LogP contribution in [-0.2, 0) is 12.0 Å². The number of rotatable bonds is 5. The molecule has 1 aromatic carbocycles. The first-order valence-corrected chi connectivity index (χ1v) is 8.27. The van der Waals surface area contributed by atoms with Crippen LogP contribution >= 0.6 is 12.2 Å². The van der Waals surface area contributed by atoms with E-state index in [1.54, 1.807) is 0 Å². The molecule has 23 heavy (non-hydrogen) atoms. The van der Waals surface area contributed by atoms with Gasteiger partial charge in [0.05, 0.1) is 6.54 Å². The molecule has 2 rings (SSSR count). The molecule has 0 atom stereocenters. The highest BCUT2D eigenvalue weighted by molar-refractivity contribution is 7.80. The lowest BCUT2D eigenvalue weighted by Crippen LogP contribution is -2.43. The molecular weight excluding hydrogens is 306 g/mol. The summed E-state index contributed by atoms with van der Waals surface area (Å²) in [7, 11) is 0. The summed E-state index contributed by atoms with van der Waals surface area (Å²) in [6.07, 6.45) is 0. The summed E-state index contributed by atoms with van der Waals surface area (Å²) in [4.78, 5) is 0. The van der Waals surface area contributed by atoms with Gasteiger partial charge < -0.3 is 9.73 Å². The number of benzene rings is 1. The quantitative estimate of drug-likeness (QED) is 0.576. The van der Waals surface area contributed by atoms with Crippen molar-refractivity contribution in [2.45, 2.75) is 39.7 Å². The lowest BCUT2D eigenvalue weighted by atomic mass is 9.86. The highest BCUT2D eigenvalue weighted by atomic mass is 32.1. The second-order valence-electron chi connectivity index (χ2n) is 6.43. The Morgan fingerprint density at radius 1 is 1.09 bits per heavy atom. The Morgan fingerprint density at radius 3 is 2.39 bits per heavy atom. The second-order valence-corrected chi connectivity index (χ2v) is 6.84. The van der Waals surface area contributed by atoms with Crippen LogP contribution in [0.4, 0.5) is 0 Å². The van der Waals surface area contributed by atoms with Crippen molar-refractivity contribution in [2.75, 3.05) is 6.54 Å². The van der Waals surface area contributed by atoms with E-state index in [0.29, 0.717) is 11.7 Å². The molecule has 0 aliphatic heterocycles. The van der Waals surface area contributed by atoms with Crippen molar-refractivity contribution in [1.82, 2.24) is 16.2 Å². The first-order chi connectivity index (χ1) is 10.9. The predicted molar refractivity (Wildman–Crippen MR) is 99.1 cm³/mol. The molecule has 1 aromatic heterocycles. The normalized spacial score (nSPS) is 11.3. The van der Waals surface area contributed by atoms with Crippen LogP contribution < -0.4 is 16.2 Å². The van der Waals surface area contributed by atoms with Crippen LogP contribution in [0.15, 0.2) is 40.8 Å². The fourth-order valence-corrected chi connectivity index (χ4v) is 2.40. The van der Waals surface area contributed by atoms with Crippen molar-refractivity contribution in [1.29, 1.82) is 0 Å². The Kier molecular flexibility index (Phi) is 5.80. The van der Waals surface area contributed by atoms with E-state index in [2.05, 4.69) is 61.2 Å². The van der Waals surface area contributed by atoms with Gasteiger partial charge in [-0.1, -0.05) is 45.0 Å². The predicted octanol–water partition coefficient (Wildman–Crippen LogP) is 3.73. The lowest BCUT2D eigenvalue weighted by Gasteiger charge is -2.18. The lowest BCUT2D eigenvalue weighted by molar-refractivity contribution is 0.484. The van der Waals surface area contributed by atoms with E-state index >= 15 is 0 Å². The summed E-state index contributed by atoms with van der Waals surface area (Å²) in [5.74, 6) is 1.73. The summed E-state index contributed by atoms with van der Waals surface area (Å²) in [6, 6.07) is 12.5. The van der Waals surface area contributed by atoms with Crippen LogP contribution in [-0.4, -0.2) is 11.7 Å². The topological polar surface area (TPSA) is 49.2 Å². The van der Waals surface area contributed by atoms with E-state index in [4.69, 9.17) is 16.6 Å². The van der Waals surface area contributed by atoms with Gasteiger partial charge >= 0.3 is 0 Å². The van der Waals surface area contributed by atoms with Crippen LogP contribution in [0.3, 0.4) is 0 Å². The Balaban J connectivity index is 1.95. The molecule has 124 valence electrons. The molecule has 0 saturated heterocycles. The Hall–Kier alpha value is -1.85. The maximum Gasteiger partial charge on any atom is 0.180 e. The van der Waals surface area contributed by atoms with Crippen LogP contribution in [0.1, 0.15) is 39.0 Å². The molecule has 0 aliphatic carbocycles. The Bertz CT molecular complexity index is 641. The van der Waals surface area contributed by atoms with Gasteiger partial charge in [0.2, 0.25) is 0 Å².